The number of aromatic hydroxyl groups is 1. The molecule has 0 aliphatic carbocycles. The fraction of sp³-hybridized carbons (Fsp3) is 0.158. The van der Waals surface area contributed by atoms with Crippen molar-refractivity contribution in [2.75, 3.05) is 6.61 Å². The third-order valence-corrected chi connectivity index (χ3v) is 4.79. The van der Waals surface area contributed by atoms with Gasteiger partial charge in [0, 0.05) is 11.1 Å². The van der Waals surface area contributed by atoms with E-state index >= 15 is 0 Å². The van der Waals surface area contributed by atoms with Crippen LogP contribution in [0.3, 0.4) is 0 Å². The maximum absolute atomic E-state index is 12.2. The number of ether oxygens (including phenoxy) is 1. The first-order chi connectivity index (χ1) is 12.5. The Morgan fingerprint density at radius 2 is 2.00 bits per heavy atom. The predicted molar refractivity (Wildman–Crippen MR) is 96.1 cm³/mol. The van der Waals surface area contributed by atoms with Gasteiger partial charge in [-0.1, -0.05) is 24.3 Å². The summed E-state index contributed by atoms with van der Waals surface area (Å²) < 4.78 is 5.01. The number of hydrogen-bond acceptors (Lipinski definition) is 7. The van der Waals surface area contributed by atoms with E-state index in [4.69, 9.17) is 4.74 Å². The van der Waals surface area contributed by atoms with Crippen LogP contribution in [0, 0.1) is 18.3 Å². The highest BCUT2D eigenvalue weighted by molar-refractivity contribution is 7.09. The van der Waals surface area contributed by atoms with Gasteiger partial charge in [-0.2, -0.15) is 5.26 Å². The number of thiazole rings is 1. The van der Waals surface area contributed by atoms with Crippen LogP contribution in [0.1, 0.15) is 27.0 Å². The molecule has 3 aromatic rings. The number of benzene rings is 2. The Morgan fingerprint density at radius 3 is 2.62 bits per heavy atom. The number of hydrogen-bond donors (Lipinski definition) is 1. The third kappa shape index (κ3) is 3.55. The van der Waals surface area contributed by atoms with Gasteiger partial charge in [-0.25, -0.2) is 9.78 Å². The van der Waals surface area contributed by atoms with Crippen molar-refractivity contribution in [2.45, 2.75) is 12.8 Å². The number of carbonyl (C=O) groups excluding carboxylic acids is 2. The average Bonchev–Trinajstić information content (AvgIpc) is 3.05. The van der Waals surface area contributed by atoms with Gasteiger partial charge in [0.05, 0.1) is 6.07 Å². The second-order valence-corrected chi connectivity index (χ2v) is 6.54. The number of nitrogens with zero attached hydrogens (tertiary/aromatic N) is 2. The molecule has 1 atom stereocenters. The summed E-state index contributed by atoms with van der Waals surface area (Å²) in [6.45, 7) is 1.20. The molecule has 1 unspecified atom stereocenters. The minimum atomic E-state index is -1.08. The van der Waals surface area contributed by atoms with Crippen LogP contribution in [0.5, 0.6) is 5.75 Å². The molecular formula is C19H14N2O4S. The second kappa shape index (κ2) is 7.33. The molecule has 2 aromatic carbocycles. The number of esters is 1. The fourth-order valence-corrected chi connectivity index (χ4v) is 3.32. The van der Waals surface area contributed by atoms with Gasteiger partial charge in [-0.15, -0.1) is 11.3 Å². The lowest BCUT2D eigenvalue weighted by Gasteiger charge is -2.09. The van der Waals surface area contributed by atoms with Crippen LogP contribution < -0.4 is 0 Å². The Kier molecular flexibility index (Phi) is 4.96. The molecule has 0 spiro atoms. The van der Waals surface area contributed by atoms with Crippen LogP contribution in [0.15, 0.2) is 41.8 Å². The van der Waals surface area contributed by atoms with Crippen molar-refractivity contribution < 1.29 is 19.4 Å². The van der Waals surface area contributed by atoms with E-state index in [1.807, 2.05) is 18.2 Å². The van der Waals surface area contributed by atoms with Gasteiger partial charge in [-0.3, -0.25) is 4.79 Å². The smallest absolute Gasteiger partial charge is 0.342 e. The molecule has 0 aliphatic heterocycles. The zero-order chi connectivity index (χ0) is 18.7. The summed E-state index contributed by atoms with van der Waals surface area (Å²) >= 11 is 1.21. The van der Waals surface area contributed by atoms with E-state index in [9.17, 15) is 20.0 Å². The number of ketones is 1. The van der Waals surface area contributed by atoms with Crippen LogP contribution in [-0.2, 0) is 9.53 Å². The summed E-state index contributed by atoms with van der Waals surface area (Å²) in [5.41, 5.74) is 0.686. The van der Waals surface area contributed by atoms with Crippen molar-refractivity contribution in [3.05, 3.63) is 58.0 Å². The number of phenolic OH excluding ortho intramolecular Hbond substituents is 1. The molecule has 0 radical (unpaired) electrons. The summed E-state index contributed by atoms with van der Waals surface area (Å²) in [6.07, 6.45) is 0. The minimum absolute atomic E-state index is 0.0323. The van der Waals surface area contributed by atoms with E-state index < -0.39 is 24.3 Å². The molecule has 6 nitrogen and oxygen atoms in total. The summed E-state index contributed by atoms with van der Waals surface area (Å²) in [7, 11) is 0. The number of fused-ring (bicyclic) bond motifs is 1. The molecule has 7 heteroatoms. The first-order valence-electron chi connectivity index (χ1n) is 7.73. The van der Waals surface area contributed by atoms with Crippen LogP contribution in [0.4, 0.5) is 0 Å². The Balaban J connectivity index is 1.73. The number of rotatable bonds is 5. The fourth-order valence-electron chi connectivity index (χ4n) is 2.46. The van der Waals surface area contributed by atoms with E-state index in [0.717, 1.165) is 16.5 Å². The molecule has 0 bridgehead atoms. The zero-order valence-electron chi connectivity index (χ0n) is 13.8. The number of nitriles is 1. The number of aromatic nitrogens is 1. The van der Waals surface area contributed by atoms with Crippen LogP contribution in [0.2, 0.25) is 0 Å². The standard InChI is InChI=1S/C19H14N2O4S/c1-11-10-26-18(21-11)15(8-20)17(23)9-25-19(24)14-6-12-4-2-3-5-13(12)7-16(14)22/h2-7,10,15,22H,9H2,1H3. The first-order valence-corrected chi connectivity index (χ1v) is 8.61. The minimum Gasteiger partial charge on any atom is -0.507 e. The molecule has 1 aromatic heterocycles. The van der Waals surface area contributed by atoms with E-state index in [0.29, 0.717) is 5.01 Å². The number of Topliss-reactive ketones (excluding diaryl/α,β-unsaturated/α-hetero) is 1. The lowest BCUT2D eigenvalue weighted by Crippen LogP contribution is -2.20. The lowest BCUT2D eigenvalue weighted by molar-refractivity contribution is -0.122. The average molecular weight is 366 g/mol. The molecule has 3 rings (SSSR count). The quantitative estimate of drug-likeness (QED) is 0.695. The molecule has 130 valence electrons. The van der Waals surface area contributed by atoms with E-state index in [1.165, 1.54) is 23.5 Å². The predicted octanol–water partition coefficient (Wildman–Crippen LogP) is 3.34. The van der Waals surface area contributed by atoms with Crippen molar-refractivity contribution in [3.63, 3.8) is 0 Å². The van der Waals surface area contributed by atoms with Gasteiger partial charge in [0.25, 0.3) is 0 Å². The van der Waals surface area contributed by atoms with Crippen LogP contribution >= 0.6 is 11.3 Å². The van der Waals surface area contributed by atoms with E-state index in [2.05, 4.69) is 4.98 Å². The molecule has 0 aliphatic rings. The van der Waals surface area contributed by atoms with E-state index in [-0.39, 0.29) is 11.3 Å². The Labute approximate surface area is 153 Å². The molecule has 0 saturated heterocycles. The maximum Gasteiger partial charge on any atom is 0.342 e. The van der Waals surface area contributed by atoms with Crippen molar-refractivity contribution in [3.8, 4) is 11.8 Å². The van der Waals surface area contributed by atoms with E-state index in [1.54, 1.807) is 24.4 Å². The van der Waals surface area contributed by atoms with Crippen molar-refractivity contribution in [2.24, 2.45) is 0 Å². The van der Waals surface area contributed by atoms with Gasteiger partial charge in [-0.05, 0) is 29.8 Å². The molecular weight excluding hydrogens is 352 g/mol. The van der Waals surface area contributed by atoms with Crippen molar-refractivity contribution in [1.82, 2.24) is 4.98 Å². The molecule has 26 heavy (non-hydrogen) atoms. The lowest BCUT2D eigenvalue weighted by atomic mass is 10.1. The van der Waals surface area contributed by atoms with Gasteiger partial charge >= 0.3 is 5.97 Å². The van der Waals surface area contributed by atoms with Gasteiger partial charge < -0.3 is 9.84 Å². The molecule has 1 N–H and O–H groups in total. The third-order valence-electron chi connectivity index (χ3n) is 3.76. The highest BCUT2D eigenvalue weighted by Crippen LogP contribution is 2.26. The Morgan fingerprint density at radius 1 is 1.31 bits per heavy atom. The molecule has 1 heterocycles. The van der Waals surface area contributed by atoms with Crippen molar-refractivity contribution >= 4 is 33.9 Å². The van der Waals surface area contributed by atoms with Gasteiger partial charge in [0.2, 0.25) is 0 Å². The molecule has 0 fully saturated rings. The Hall–Kier alpha value is -3.24. The number of phenols is 1. The van der Waals surface area contributed by atoms with Gasteiger partial charge in [0.15, 0.2) is 18.3 Å². The highest BCUT2D eigenvalue weighted by atomic mass is 32.1. The van der Waals surface area contributed by atoms with Gasteiger partial charge in [0.1, 0.15) is 16.3 Å². The summed E-state index contributed by atoms with van der Waals surface area (Å²) in [5.74, 6) is -2.69. The summed E-state index contributed by atoms with van der Waals surface area (Å²) in [4.78, 5) is 28.6. The Bertz CT molecular complexity index is 1040. The van der Waals surface area contributed by atoms with Crippen LogP contribution in [-0.4, -0.2) is 28.4 Å². The first kappa shape index (κ1) is 17.6. The molecule has 0 amide bonds. The largest absolute Gasteiger partial charge is 0.507 e. The SMILES string of the molecule is Cc1csc(C(C#N)C(=O)COC(=O)c2cc3ccccc3cc2O)n1. The van der Waals surface area contributed by atoms with Crippen LogP contribution in [0.25, 0.3) is 10.8 Å². The number of aryl methyl sites for hydroxylation is 1. The summed E-state index contributed by atoms with van der Waals surface area (Å²) in [6, 6.07) is 12.1. The monoisotopic (exact) mass is 366 g/mol. The second-order valence-electron chi connectivity index (χ2n) is 5.65. The van der Waals surface area contributed by atoms with Crippen molar-refractivity contribution in [1.29, 1.82) is 5.26 Å². The topological polar surface area (TPSA) is 100 Å². The molecule has 0 saturated carbocycles. The zero-order valence-corrected chi connectivity index (χ0v) is 14.6. The number of carbonyl (C=O) groups is 2. The summed E-state index contributed by atoms with van der Waals surface area (Å²) in [5, 5.41) is 22.9. The normalized spacial score (nSPS) is 11.7. The highest BCUT2D eigenvalue weighted by Gasteiger charge is 2.25. The maximum atomic E-state index is 12.2.